The molecule has 2 aliphatic rings. The van der Waals surface area contributed by atoms with E-state index in [9.17, 15) is 4.79 Å². The van der Waals surface area contributed by atoms with E-state index >= 15 is 0 Å². The minimum absolute atomic E-state index is 0.250. The van der Waals surface area contributed by atoms with Crippen LogP contribution in [0.1, 0.15) is 17.4 Å². The molecule has 2 aromatic heterocycles. The summed E-state index contributed by atoms with van der Waals surface area (Å²) in [4.78, 5) is 16.0. The first-order valence-electron chi connectivity index (χ1n) is 9.71. The lowest BCUT2D eigenvalue weighted by Gasteiger charge is -2.34. The molecular weight excluding hydrogens is 378 g/mol. The summed E-state index contributed by atoms with van der Waals surface area (Å²) in [5.74, 6) is 0. The maximum Gasteiger partial charge on any atom is 0.319 e. The van der Waals surface area contributed by atoms with Crippen molar-refractivity contribution in [2.45, 2.75) is 25.5 Å². The second-order valence-electron chi connectivity index (χ2n) is 7.34. The fraction of sp³-hybridized carbons (Fsp3) is 0.579. The zero-order valence-corrected chi connectivity index (χ0v) is 17.0. The normalized spacial score (nSPS) is 22.6. The second-order valence-corrected chi connectivity index (χ2v) is 8.34. The Hall–Kier alpha value is -1.94. The van der Waals surface area contributed by atoms with Gasteiger partial charge in [-0.3, -0.25) is 9.58 Å². The summed E-state index contributed by atoms with van der Waals surface area (Å²) in [6.07, 6.45) is 4.48. The fourth-order valence-electron chi connectivity index (χ4n) is 3.64. The van der Waals surface area contributed by atoms with Gasteiger partial charge in [0.1, 0.15) is 5.60 Å². The Balaban J connectivity index is 1.25. The van der Waals surface area contributed by atoms with E-state index in [1.807, 2.05) is 17.8 Å². The molecule has 9 heteroatoms. The molecule has 2 aromatic rings. The van der Waals surface area contributed by atoms with Crippen LogP contribution in [0.5, 0.6) is 0 Å². The second kappa shape index (κ2) is 8.60. The van der Waals surface area contributed by atoms with Gasteiger partial charge in [0.2, 0.25) is 0 Å². The summed E-state index contributed by atoms with van der Waals surface area (Å²) < 4.78 is 13.2. The summed E-state index contributed by atoms with van der Waals surface area (Å²) >= 11 is 1.75. The monoisotopic (exact) mass is 405 g/mol. The predicted molar refractivity (Wildman–Crippen MR) is 108 cm³/mol. The van der Waals surface area contributed by atoms with E-state index in [1.165, 1.54) is 10.4 Å². The largest absolute Gasteiger partial charge is 0.379 e. The number of nitrogens with zero attached hydrogens (tertiary/aromatic N) is 3. The number of aromatic nitrogens is 2. The van der Waals surface area contributed by atoms with E-state index in [0.717, 1.165) is 45.8 Å². The Morgan fingerprint density at radius 2 is 2.18 bits per heavy atom. The van der Waals surface area contributed by atoms with Gasteiger partial charge in [0.05, 0.1) is 44.8 Å². The lowest BCUT2D eigenvalue weighted by molar-refractivity contribution is -0.0416. The first-order valence-corrected chi connectivity index (χ1v) is 10.6. The van der Waals surface area contributed by atoms with Crippen molar-refractivity contribution in [2.75, 3.05) is 51.3 Å². The van der Waals surface area contributed by atoms with E-state index in [1.54, 1.807) is 17.5 Å². The highest BCUT2D eigenvalue weighted by Crippen LogP contribution is 2.35. The Kier molecular flexibility index (Phi) is 5.96. The average Bonchev–Trinajstić information content (AvgIpc) is 3.36. The number of anilines is 1. The summed E-state index contributed by atoms with van der Waals surface area (Å²) in [6, 6.07) is 1.84. The van der Waals surface area contributed by atoms with Gasteiger partial charge in [-0.05, 0) is 23.9 Å². The van der Waals surface area contributed by atoms with Crippen LogP contribution in [0.3, 0.4) is 0 Å². The predicted octanol–water partition coefficient (Wildman–Crippen LogP) is 1.89. The number of rotatable bonds is 6. The molecular formula is C19H27N5O3S. The van der Waals surface area contributed by atoms with Crippen LogP contribution < -0.4 is 10.6 Å². The summed E-state index contributed by atoms with van der Waals surface area (Å²) in [5, 5.41) is 12.2. The van der Waals surface area contributed by atoms with Crippen molar-refractivity contribution in [1.29, 1.82) is 0 Å². The van der Waals surface area contributed by atoms with Crippen LogP contribution in [0, 0.1) is 0 Å². The van der Waals surface area contributed by atoms with Gasteiger partial charge in [-0.25, -0.2) is 4.79 Å². The first kappa shape index (κ1) is 19.4. The maximum absolute atomic E-state index is 12.3. The molecule has 1 fully saturated rings. The first-order chi connectivity index (χ1) is 13.6. The van der Waals surface area contributed by atoms with E-state index in [-0.39, 0.29) is 6.03 Å². The quantitative estimate of drug-likeness (QED) is 0.767. The number of ether oxygens (including phenoxy) is 2. The van der Waals surface area contributed by atoms with Gasteiger partial charge < -0.3 is 20.1 Å². The van der Waals surface area contributed by atoms with Crippen molar-refractivity contribution in [1.82, 2.24) is 20.0 Å². The van der Waals surface area contributed by atoms with Crippen LogP contribution in [0.25, 0.3) is 0 Å². The third-order valence-electron chi connectivity index (χ3n) is 5.29. The van der Waals surface area contributed by atoms with Crippen molar-refractivity contribution < 1.29 is 14.3 Å². The third kappa shape index (κ3) is 4.54. The zero-order chi connectivity index (χ0) is 19.4. The lowest BCUT2D eigenvalue weighted by Crippen LogP contribution is -2.44. The van der Waals surface area contributed by atoms with Gasteiger partial charge in [-0.2, -0.15) is 5.10 Å². The van der Waals surface area contributed by atoms with Gasteiger partial charge >= 0.3 is 6.03 Å². The van der Waals surface area contributed by atoms with Gasteiger partial charge in [-0.15, -0.1) is 11.3 Å². The van der Waals surface area contributed by atoms with Gasteiger partial charge in [-0.1, -0.05) is 0 Å². The minimum atomic E-state index is -0.479. The van der Waals surface area contributed by atoms with E-state index in [4.69, 9.17) is 9.47 Å². The van der Waals surface area contributed by atoms with Crippen molar-refractivity contribution in [3.8, 4) is 0 Å². The molecule has 0 spiro atoms. The van der Waals surface area contributed by atoms with Crippen LogP contribution in [0.2, 0.25) is 0 Å². The number of carbonyl (C=O) groups excluding carboxylic acids is 1. The summed E-state index contributed by atoms with van der Waals surface area (Å²) in [6.45, 7) is 8.36. The van der Waals surface area contributed by atoms with E-state index in [0.29, 0.717) is 18.8 Å². The number of amides is 2. The highest BCUT2D eigenvalue weighted by atomic mass is 32.1. The molecule has 1 saturated heterocycles. The zero-order valence-electron chi connectivity index (χ0n) is 16.1. The molecule has 4 rings (SSSR count). The van der Waals surface area contributed by atoms with E-state index < -0.39 is 5.60 Å². The Morgan fingerprint density at radius 3 is 3.04 bits per heavy atom. The summed E-state index contributed by atoms with van der Waals surface area (Å²) in [5.41, 5.74) is 1.39. The lowest BCUT2D eigenvalue weighted by atomic mass is 9.93. The number of nitrogens with one attached hydrogen (secondary N) is 2. The number of urea groups is 1. The van der Waals surface area contributed by atoms with Crippen molar-refractivity contribution >= 4 is 23.1 Å². The molecule has 28 heavy (non-hydrogen) atoms. The summed E-state index contributed by atoms with van der Waals surface area (Å²) in [7, 11) is 0. The smallest absolute Gasteiger partial charge is 0.319 e. The molecule has 0 bridgehead atoms. The van der Waals surface area contributed by atoms with Crippen LogP contribution in [0.4, 0.5) is 10.5 Å². The molecule has 152 valence electrons. The topological polar surface area (TPSA) is 80.7 Å². The molecule has 2 amide bonds. The minimum Gasteiger partial charge on any atom is -0.379 e. The van der Waals surface area contributed by atoms with Crippen molar-refractivity contribution in [3.63, 3.8) is 0 Å². The molecule has 2 aliphatic heterocycles. The molecule has 4 heterocycles. The molecule has 1 unspecified atom stereocenters. The number of carbonyl (C=O) groups is 1. The molecule has 1 atom stereocenters. The highest BCUT2D eigenvalue weighted by Gasteiger charge is 2.34. The molecule has 0 saturated carbocycles. The SMILES string of the molecule is CC1(CNC(=O)Nc2cnn(CCN3CCOCC3)c2)OCCc2sccc21. The van der Waals surface area contributed by atoms with Gasteiger partial charge in [0.25, 0.3) is 0 Å². The highest BCUT2D eigenvalue weighted by molar-refractivity contribution is 7.10. The fourth-order valence-corrected chi connectivity index (χ4v) is 4.62. The van der Waals surface area contributed by atoms with Crippen LogP contribution >= 0.6 is 11.3 Å². The molecule has 0 aliphatic carbocycles. The number of fused-ring (bicyclic) bond motifs is 1. The molecule has 8 nitrogen and oxygen atoms in total. The van der Waals surface area contributed by atoms with Crippen molar-refractivity contribution in [3.05, 3.63) is 34.3 Å². The Labute approximate surface area is 168 Å². The Bertz CT molecular complexity index is 801. The standard InChI is InChI=1S/C19H27N5O3S/c1-19(16-3-11-28-17(16)2-8-27-19)14-20-18(25)22-15-12-21-24(13-15)5-4-23-6-9-26-10-7-23/h3,11-13H,2,4-10,14H2,1H3,(H2,20,22,25). The van der Waals surface area contributed by atoms with Crippen molar-refractivity contribution in [2.24, 2.45) is 0 Å². The van der Waals surface area contributed by atoms with Crippen LogP contribution in [-0.2, 0) is 28.0 Å². The van der Waals surface area contributed by atoms with Gasteiger partial charge in [0, 0.05) is 37.1 Å². The Morgan fingerprint density at radius 1 is 1.32 bits per heavy atom. The van der Waals surface area contributed by atoms with Gasteiger partial charge in [0.15, 0.2) is 0 Å². The maximum atomic E-state index is 12.3. The number of morpholine rings is 1. The molecule has 2 N–H and O–H groups in total. The molecule has 0 radical (unpaired) electrons. The van der Waals surface area contributed by atoms with Crippen LogP contribution in [0.15, 0.2) is 23.8 Å². The third-order valence-corrected chi connectivity index (χ3v) is 6.27. The average molecular weight is 406 g/mol. The molecule has 0 aromatic carbocycles. The number of hydrogen-bond donors (Lipinski definition) is 2. The number of hydrogen-bond acceptors (Lipinski definition) is 6. The van der Waals surface area contributed by atoms with Crippen LogP contribution in [-0.4, -0.2) is 66.7 Å². The number of thiophene rings is 1. The van der Waals surface area contributed by atoms with E-state index in [2.05, 4.69) is 32.1 Å².